The fourth-order valence-corrected chi connectivity index (χ4v) is 0.782. The van der Waals surface area contributed by atoms with Crippen LogP contribution >= 0.6 is 0 Å². The molecule has 0 aliphatic heterocycles. The molecule has 0 fully saturated rings. The van der Waals surface area contributed by atoms with Crippen LogP contribution < -0.4 is 0 Å². The van der Waals surface area contributed by atoms with Crippen molar-refractivity contribution in [3.8, 4) is 0 Å². The van der Waals surface area contributed by atoms with Crippen LogP contribution in [0.3, 0.4) is 0 Å². The van der Waals surface area contributed by atoms with E-state index in [0.29, 0.717) is 0 Å². The molecule has 11 heavy (non-hydrogen) atoms. The summed E-state index contributed by atoms with van der Waals surface area (Å²) in [6.07, 6.45) is 1.73. The topological polar surface area (TPSA) is 23.9 Å². The van der Waals surface area contributed by atoms with Gasteiger partial charge in [-0.05, 0) is 24.3 Å². The van der Waals surface area contributed by atoms with Crippen LogP contribution in [0, 0.1) is 12.3 Å². The van der Waals surface area contributed by atoms with Crippen molar-refractivity contribution in [2.45, 2.75) is 6.92 Å². The maximum atomic E-state index is 6.60. The van der Waals surface area contributed by atoms with Crippen molar-refractivity contribution in [1.29, 1.82) is 5.41 Å². The Bertz CT molecular complexity index is 309. The first-order valence-corrected chi connectivity index (χ1v) is 3.40. The lowest BCUT2D eigenvalue weighted by molar-refractivity contribution is 1.46. The second-order valence-electron chi connectivity index (χ2n) is 2.32. The minimum atomic E-state index is 1.05. The molecule has 0 saturated carbocycles. The molecule has 0 aromatic heterocycles. The van der Waals surface area contributed by atoms with Gasteiger partial charge in [-0.1, -0.05) is 29.8 Å². The zero-order valence-electron chi connectivity index (χ0n) is 6.39. The van der Waals surface area contributed by atoms with Crippen LogP contribution in [0.1, 0.15) is 11.1 Å². The molecule has 0 aliphatic carbocycles. The summed E-state index contributed by atoms with van der Waals surface area (Å²) < 4.78 is 0. The highest BCUT2D eigenvalue weighted by atomic mass is 14.3. The van der Waals surface area contributed by atoms with E-state index in [1.807, 2.05) is 31.2 Å². The van der Waals surface area contributed by atoms with Crippen LogP contribution in [0.25, 0.3) is 6.08 Å². The van der Waals surface area contributed by atoms with Gasteiger partial charge in [0.05, 0.1) is 0 Å². The highest BCUT2D eigenvalue weighted by Crippen LogP contribution is 2.03. The lowest BCUT2D eigenvalue weighted by Crippen LogP contribution is -1.71. The van der Waals surface area contributed by atoms with Crippen molar-refractivity contribution >= 4 is 11.9 Å². The van der Waals surface area contributed by atoms with Crippen molar-refractivity contribution in [3.05, 3.63) is 41.1 Å². The van der Waals surface area contributed by atoms with Crippen molar-refractivity contribution in [2.75, 3.05) is 0 Å². The van der Waals surface area contributed by atoms with Crippen LogP contribution in [0.15, 0.2) is 30.0 Å². The molecular weight excluding hydrogens is 134 g/mol. The Morgan fingerprint density at radius 1 is 1.27 bits per heavy atom. The van der Waals surface area contributed by atoms with Gasteiger partial charge in [-0.3, -0.25) is 5.41 Å². The Hall–Kier alpha value is -1.55. The Morgan fingerprint density at radius 3 is 2.45 bits per heavy atom. The van der Waals surface area contributed by atoms with Crippen molar-refractivity contribution in [2.24, 2.45) is 0 Å². The number of hydrogen-bond donors (Lipinski definition) is 1. The van der Waals surface area contributed by atoms with E-state index in [0.717, 1.165) is 5.56 Å². The highest BCUT2D eigenvalue weighted by Gasteiger charge is 1.83. The number of rotatable bonds is 1. The Morgan fingerprint density at radius 2 is 1.91 bits per heavy atom. The molecule has 1 nitrogen and oxygen atoms in total. The van der Waals surface area contributed by atoms with Crippen LogP contribution in [0.4, 0.5) is 0 Å². The molecule has 0 spiro atoms. The molecule has 0 amide bonds. The van der Waals surface area contributed by atoms with Crippen molar-refractivity contribution in [3.63, 3.8) is 0 Å². The zero-order chi connectivity index (χ0) is 8.10. The Balaban J connectivity index is 2.99. The van der Waals surface area contributed by atoms with Gasteiger partial charge in [0.25, 0.3) is 0 Å². The lowest BCUT2D eigenvalue weighted by Gasteiger charge is -1.91. The summed E-state index contributed by atoms with van der Waals surface area (Å²) >= 11 is 0. The molecule has 1 aromatic rings. The van der Waals surface area contributed by atoms with Crippen molar-refractivity contribution in [1.82, 2.24) is 0 Å². The molecule has 1 N–H and O–H groups in total. The molecule has 1 rings (SSSR count). The predicted molar refractivity (Wildman–Crippen MR) is 46.9 cm³/mol. The maximum Gasteiger partial charge on any atom is 0.0304 e. The molecule has 0 bridgehead atoms. The highest BCUT2D eigenvalue weighted by molar-refractivity contribution is 5.59. The minimum Gasteiger partial charge on any atom is -0.251 e. The second kappa shape index (κ2) is 3.58. The largest absolute Gasteiger partial charge is 0.251 e. The van der Waals surface area contributed by atoms with E-state index in [9.17, 15) is 0 Å². The third-order valence-corrected chi connectivity index (χ3v) is 1.39. The summed E-state index contributed by atoms with van der Waals surface area (Å²) in [6, 6.07) is 8.02. The number of nitrogens with one attached hydrogen (secondary N) is 1. The second-order valence-corrected chi connectivity index (χ2v) is 2.32. The fraction of sp³-hybridized carbons (Fsp3) is 0.100. The van der Waals surface area contributed by atoms with Crippen LogP contribution in [0.5, 0.6) is 0 Å². The molecule has 54 valence electrons. The fourth-order valence-electron chi connectivity index (χ4n) is 0.782. The van der Waals surface area contributed by atoms with E-state index >= 15 is 0 Å². The molecule has 0 unspecified atom stereocenters. The van der Waals surface area contributed by atoms with Crippen LogP contribution in [-0.4, -0.2) is 5.87 Å². The first-order chi connectivity index (χ1) is 5.33. The molecule has 1 aromatic carbocycles. The average molecular weight is 143 g/mol. The van der Waals surface area contributed by atoms with Gasteiger partial charge < -0.3 is 0 Å². The number of aryl methyl sites for hydroxylation is 1. The lowest BCUT2D eigenvalue weighted by atomic mass is 10.1. The quantitative estimate of drug-likeness (QED) is 0.461. The van der Waals surface area contributed by atoms with Gasteiger partial charge in [-0.2, -0.15) is 0 Å². The van der Waals surface area contributed by atoms with Gasteiger partial charge in [0.1, 0.15) is 0 Å². The average Bonchev–Trinajstić information content (AvgIpc) is 2.04. The summed E-state index contributed by atoms with van der Waals surface area (Å²) in [5.74, 6) is 2.08. The van der Waals surface area contributed by atoms with Gasteiger partial charge in [0.2, 0.25) is 0 Å². The Labute approximate surface area is 66.2 Å². The van der Waals surface area contributed by atoms with Gasteiger partial charge in [0.15, 0.2) is 0 Å². The summed E-state index contributed by atoms with van der Waals surface area (Å²) in [5, 5.41) is 6.60. The van der Waals surface area contributed by atoms with E-state index < -0.39 is 0 Å². The van der Waals surface area contributed by atoms with Gasteiger partial charge in [-0.25, -0.2) is 0 Å². The van der Waals surface area contributed by atoms with E-state index in [2.05, 4.69) is 11.6 Å². The monoisotopic (exact) mass is 143 g/mol. The van der Waals surface area contributed by atoms with Gasteiger partial charge in [0, 0.05) is 5.87 Å². The van der Waals surface area contributed by atoms with Crippen molar-refractivity contribution < 1.29 is 0 Å². The van der Waals surface area contributed by atoms with E-state index in [1.54, 1.807) is 6.08 Å². The summed E-state index contributed by atoms with van der Waals surface area (Å²) in [4.78, 5) is 0. The molecule has 0 heterocycles. The molecule has 1 heteroatoms. The third-order valence-electron chi connectivity index (χ3n) is 1.39. The van der Waals surface area contributed by atoms with Crippen LogP contribution in [0.2, 0.25) is 0 Å². The maximum absolute atomic E-state index is 6.60. The SMILES string of the molecule is Cc1ccc(C=C=C=N)cc1. The van der Waals surface area contributed by atoms with E-state index in [-0.39, 0.29) is 0 Å². The van der Waals surface area contributed by atoms with Gasteiger partial charge >= 0.3 is 0 Å². The molecule has 0 saturated heterocycles. The van der Waals surface area contributed by atoms with E-state index in [4.69, 9.17) is 5.41 Å². The summed E-state index contributed by atoms with van der Waals surface area (Å²) in [6.45, 7) is 2.04. The van der Waals surface area contributed by atoms with Crippen LogP contribution in [-0.2, 0) is 0 Å². The number of benzene rings is 1. The standard InChI is InChI=1S/C10H9N/c1-9-4-6-10(7-5-9)3-2-8-11/h3-7,11H,1H3. The number of hydrogen-bond acceptors (Lipinski definition) is 1. The molecule has 0 atom stereocenters. The first kappa shape index (κ1) is 7.56. The predicted octanol–water partition coefficient (Wildman–Crippen LogP) is 2.41. The first-order valence-electron chi connectivity index (χ1n) is 3.40. The molecule has 0 radical (unpaired) electrons. The minimum absolute atomic E-state index is 1.05. The Kier molecular flexibility index (Phi) is 2.46. The summed E-state index contributed by atoms with van der Waals surface area (Å²) in [5.41, 5.74) is 4.86. The normalized spacial score (nSPS) is 8.09. The third kappa shape index (κ3) is 2.27. The smallest absolute Gasteiger partial charge is 0.0304 e. The molecular formula is C10H9N. The summed E-state index contributed by atoms with van der Waals surface area (Å²) in [7, 11) is 0. The van der Waals surface area contributed by atoms with E-state index in [1.165, 1.54) is 5.56 Å². The zero-order valence-corrected chi connectivity index (χ0v) is 6.39. The van der Waals surface area contributed by atoms with Gasteiger partial charge in [-0.15, -0.1) is 0 Å². The molecule has 0 aliphatic rings.